The zero-order chi connectivity index (χ0) is 14.9. The van der Waals surface area contributed by atoms with Crippen LogP contribution in [-0.4, -0.2) is 49.0 Å². The van der Waals surface area contributed by atoms with Crippen molar-refractivity contribution >= 4 is 18.3 Å². The van der Waals surface area contributed by atoms with Crippen molar-refractivity contribution in [3.8, 4) is 5.69 Å². The van der Waals surface area contributed by atoms with E-state index in [2.05, 4.69) is 15.7 Å². The lowest BCUT2D eigenvalue weighted by atomic mass is 10.1. The van der Waals surface area contributed by atoms with E-state index in [4.69, 9.17) is 4.74 Å². The SMILES string of the molecule is COCCNCCNC(=O)c1ccccc1-n1cccn1.Cl. The molecule has 2 N–H and O–H groups in total. The van der Waals surface area contributed by atoms with Crippen LogP contribution in [0.1, 0.15) is 10.4 Å². The Morgan fingerprint density at radius 1 is 1.23 bits per heavy atom. The van der Waals surface area contributed by atoms with Crippen LogP contribution in [-0.2, 0) is 4.74 Å². The van der Waals surface area contributed by atoms with Crippen LogP contribution in [0.3, 0.4) is 0 Å². The summed E-state index contributed by atoms with van der Waals surface area (Å²) in [5.41, 5.74) is 1.38. The summed E-state index contributed by atoms with van der Waals surface area (Å²) in [5.74, 6) is -0.102. The molecule has 0 saturated heterocycles. The minimum Gasteiger partial charge on any atom is -0.383 e. The molecule has 0 fully saturated rings. The van der Waals surface area contributed by atoms with Gasteiger partial charge in [-0.25, -0.2) is 4.68 Å². The highest BCUT2D eigenvalue weighted by atomic mass is 35.5. The molecule has 0 aliphatic carbocycles. The highest BCUT2D eigenvalue weighted by Gasteiger charge is 2.11. The molecule has 120 valence electrons. The van der Waals surface area contributed by atoms with E-state index in [9.17, 15) is 4.79 Å². The van der Waals surface area contributed by atoms with E-state index < -0.39 is 0 Å². The number of nitrogens with one attached hydrogen (secondary N) is 2. The monoisotopic (exact) mass is 324 g/mol. The number of methoxy groups -OCH3 is 1. The van der Waals surface area contributed by atoms with Crippen LogP contribution in [0.2, 0.25) is 0 Å². The molecule has 0 saturated carbocycles. The molecule has 1 aromatic carbocycles. The molecule has 22 heavy (non-hydrogen) atoms. The van der Waals surface area contributed by atoms with Gasteiger partial charge in [0.25, 0.3) is 5.91 Å². The van der Waals surface area contributed by atoms with Crippen LogP contribution < -0.4 is 10.6 Å². The maximum Gasteiger partial charge on any atom is 0.253 e. The molecule has 0 radical (unpaired) electrons. The normalized spacial score (nSPS) is 10.0. The molecule has 2 aromatic rings. The van der Waals surface area contributed by atoms with Gasteiger partial charge in [-0.1, -0.05) is 12.1 Å². The van der Waals surface area contributed by atoms with E-state index in [0.29, 0.717) is 25.3 Å². The molecule has 1 heterocycles. The number of carbonyl (C=O) groups excluding carboxylic acids is 1. The predicted octanol–water partition coefficient (Wildman–Crippen LogP) is 1.26. The van der Waals surface area contributed by atoms with Gasteiger partial charge in [0.2, 0.25) is 0 Å². The predicted molar refractivity (Wildman–Crippen MR) is 87.9 cm³/mol. The van der Waals surface area contributed by atoms with Gasteiger partial charge < -0.3 is 15.4 Å². The molecular formula is C15H21ClN4O2. The van der Waals surface area contributed by atoms with Gasteiger partial charge in [0.1, 0.15) is 0 Å². The van der Waals surface area contributed by atoms with Crippen LogP contribution in [0.15, 0.2) is 42.7 Å². The van der Waals surface area contributed by atoms with Crippen LogP contribution in [0, 0.1) is 0 Å². The first kappa shape index (κ1) is 18.2. The Kier molecular flexibility index (Phi) is 8.21. The summed E-state index contributed by atoms with van der Waals surface area (Å²) in [5, 5.41) is 10.2. The molecule has 2 rings (SSSR count). The average Bonchev–Trinajstić information content (AvgIpc) is 3.05. The minimum absolute atomic E-state index is 0. The number of carbonyl (C=O) groups is 1. The first-order valence-electron chi connectivity index (χ1n) is 6.90. The Balaban J connectivity index is 0.00000242. The number of nitrogens with zero attached hydrogens (tertiary/aromatic N) is 2. The molecule has 0 spiro atoms. The number of halogens is 1. The summed E-state index contributed by atoms with van der Waals surface area (Å²) in [4.78, 5) is 12.2. The fourth-order valence-corrected chi connectivity index (χ4v) is 1.94. The zero-order valence-corrected chi connectivity index (χ0v) is 13.3. The van der Waals surface area contributed by atoms with Gasteiger partial charge in [0.15, 0.2) is 0 Å². The number of benzene rings is 1. The lowest BCUT2D eigenvalue weighted by Crippen LogP contribution is -2.33. The molecule has 0 unspecified atom stereocenters. The molecule has 6 nitrogen and oxygen atoms in total. The quantitative estimate of drug-likeness (QED) is 0.717. The topological polar surface area (TPSA) is 68.2 Å². The van der Waals surface area contributed by atoms with E-state index in [1.54, 1.807) is 24.1 Å². The van der Waals surface area contributed by atoms with Crippen LogP contribution >= 0.6 is 12.4 Å². The largest absolute Gasteiger partial charge is 0.383 e. The van der Waals surface area contributed by atoms with Crippen LogP contribution in [0.5, 0.6) is 0 Å². The van der Waals surface area contributed by atoms with Gasteiger partial charge in [-0.05, 0) is 18.2 Å². The van der Waals surface area contributed by atoms with Crippen molar-refractivity contribution in [3.05, 3.63) is 48.3 Å². The maximum atomic E-state index is 12.2. The summed E-state index contributed by atoms with van der Waals surface area (Å²) in [6, 6.07) is 9.23. The number of hydrogen-bond acceptors (Lipinski definition) is 4. The van der Waals surface area contributed by atoms with Crippen molar-refractivity contribution in [1.29, 1.82) is 0 Å². The summed E-state index contributed by atoms with van der Waals surface area (Å²) in [6.45, 7) is 2.71. The van der Waals surface area contributed by atoms with Crippen LogP contribution in [0.4, 0.5) is 0 Å². The Labute approximate surface area is 136 Å². The Morgan fingerprint density at radius 2 is 2.05 bits per heavy atom. The second-order valence-electron chi connectivity index (χ2n) is 4.47. The maximum absolute atomic E-state index is 12.2. The Bertz CT molecular complexity index is 560. The van der Waals surface area contributed by atoms with Crippen LogP contribution in [0.25, 0.3) is 5.69 Å². The Morgan fingerprint density at radius 3 is 2.77 bits per heavy atom. The zero-order valence-electron chi connectivity index (χ0n) is 12.5. The summed E-state index contributed by atoms with van der Waals surface area (Å²) >= 11 is 0. The molecule has 0 aliphatic rings. The molecular weight excluding hydrogens is 304 g/mol. The molecule has 0 atom stereocenters. The fourth-order valence-electron chi connectivity index (χ4n) is 1.94. The number of amides is 1. The smallest absolute Gasteiger partial charge is 0.253 e. The lowest BCUT2D eigenvalue weighted by molar-refractivity contribution is 0.0953. The minimum atomic E-state index is -0.102. The summed E-state index contributed by atoms with van der Waals surface area (Å²) in [7, 11) is 1.66. The van der Waals surface area contributed by atoms with E-state index in [1.807, 2.05) is 30.5 Å². The number of para-hydroxylation sites is 1. The molecule has 0 aliphatic heterocycles. The van der Waals surface area contributed by atoms with Crippen molar-refractivity contribution in [3.63, 3.8) is 0 Å². The van der Waals surface area contributed by atoms with Crippen molar-refractivity contribution in [2.24, 2.45) is 0 Å². The third-order valence-corrected chi connectivity index (χ3v) is 2.97. The second kappa shape index (κ2) is 9.94. The van der Waals surface area contributed by atoms with Gasteiger partial charge in [-0.2, -0.15) is 5.10 Å². The van der Waals surface area contributed by atoms with Gasteiger partial charge in [-0.15, -0.1) is 12.4 Å². The summed E-state index contributed by atoms with van der Waals surface area (Å²) < 4.78 is 6.62. The third kappa shape index (κ3) is 5.14. The molecule has 1 aromatic heterocycles. The lowest BCUT2D eigenvalue weighted by Gasteiger charge is -2.10. The highest BCUT2D eigenvalue weighted by molar-refractivity contribution is 5.97. The average molecular weight is 325 g/mol. The van der Waals surface area contributed by atoms with E-state index in [-0.39, 0.29) is 18.3 Å². The number of aromatic nitrogens is 2. The Hall–Kier alpha value is -1.89. The molecule has 1 amide bonds. The second-order valence-corrected chi connectivity index (χ2v) is 4.47. The van der Waals surface area contributed by atoms with Crippen molar-refractivity contribution < 1.29 is 9.53 Å². The van der Waals surface area contributed by atoms with Gasteiger partial charge in [-0.3, -0.25) is 4.79 Å². The number of rotatable bonds is 8. The van der Waals surface area contributed by atoms with Crippen molar-refractivity contribution in [2.75, 3.05) is 33.4 Å². The summed E-state index contributed by atoms with van der Waals surface area (Å²) in [6.07, 6.45) is 3.51. The standard InChI is InChI=1S/C15H20N4O2.ClH/c1-21-12-10-16-8-9-17-15(20)13-5-2-3-6-14(13)19-11-4-7-18-19;/h2-7,11,16H,8-10,12H2,1H3,(H,17,20);1H. The van der Waals surface area contributed by atoms with Crippen molar-refractivity contribution in [1.82, 2.24) is 20.4 Å². The van der Waals surface area contributed by atoms with Gasteiger partial charge in [0, 0.05) is 39.1 Å². The molecule has 7 heteroatoms. The van der Waals surface area contributed by atoms with E-state index in [0.717, 1.165) is 12.2 Å². The van der Waals surface area contributed by atoms with E-state index in [1.165, 1.54) is 0 Å². The first-order valence-corrected chi connectivity index (χ1v) is 6.90. The van der Waals surface area contributed by atoms with Gasteiger partial charge in [0.05, 0.1) is 17.9 Å². The number of ether oxygens (including phenoxy) is 1. The molecule has 0 bridgehead atoms. The van der Waals surface area contributed by atoms with Crippen molar-refractivity contribution in [2.45, 2.75) is 0 Å². The third-order valence-electron chi connectivity index (χ3n) is 2.97. The van der Waals surface area contributed by atoms with Gasteiger partial charge >= 0.3 is 0 Å². The van der Waals surface area contributed by atoms with E-state index >= 15 is 0 Å². The highest BCUT2D eigenvalue weighted by Crippen LogP contribution is 2.12. The first-order chi connectivity index (χ1) is 10.3. The number of hydrogen-bond donors (Lipinski definition) is 2. The fraction of sp³-hybridized carbons (Fsp3) is 0.333.